The SMILES string of the molecule is CNC1c2cccc(Br)c2S(=O)(=O)CC1C. The van der Waals surface area contributed by atoms with E-state index in [1.807, 2.05) is 26.1 Å². The summed E-state index contributed by atoms with van der Waals surface area (Å²) >= 11 is 3.33. The molecule has 1 aliphatic heterocycles. The number of benzene rings is 1. The van der Waals surface area contributed by atoms with E-state index in [1.54, 1.807) is 6.07 Å². The third-order valence-electron chi connectivity index (χ3n) is 3.01. The first-order valence-corrected chi connectivity index (χ1v) is 7.60. The van der Waals surface area contributed by atoms with Gasteiger partial charge < -0.3 is 5.32 Å². The summed E-state index contributed by atoms with van der Waals surface area (Å²) in [5.41, 5.74) is 0.871. The fourth-order valence-corrected chi connectivity index (χ4v) is 5.46. The first kappa shape index (κ1) is 12.1. The first-order valence-electron chi connectivity index (χ1n) is 5.16. The summed E-state index contributed by atoms with van der Waals surface area (Å²) in [6, 6.07) is 5.64. The van der Waals surface area contributed by atoms with Crippen molar-refractivity contribution in [3.8, 4) is 0 Å². The topological polar surface area (TPSA) is 46.2 Å². The standard InChI is InChI=1S/C11H14BrNO2S/c1-7-6-16(14,15)11-8(10(7)13-2)4-3-5-9(11)12/h3-5,7,10,13H,6H2,1-2H3. The maximum Gasteiger partial charge on any atom is 0.180 e. The number of halogens is 1. The summed E-state index contributed by atoms with van der Waals surface area (Å²) in [6.07, 6.45) is 0. The highest BCUT2D eigenvalue weighted by Gasteiger charge is 2.35. The van der Waals surface area contributed by atoms with Crippen LogP contribution in [0, 0.1) is 5.92 Å². The predicted octanol–water partition coefficient (Wildman–Crippen LogP) is 2.13. The van der Waals surface area contributed by atoms with Crippen molar-refractivity contribution in [1.29, 1.82) is 0 Å². The fourth-order valence-electron chi connectivity index (χ4n) is 2.37. The Hall–Kier alpha value is -0.390. The van der Waals surface area contributed by atoms with Crippen LogP contribution in [0.3, 0.4) is 0 Å². The van der Waals surface area contributed by atoms with Gasteiger partial charge in [0.05, 0.1) is 10.6 Å². The maximum atomic E-state index is 12.1. The Morgan fingerprint density at radius 3 is 2.75 bits per heavy atom. The van der Waals surface area contributed by atoms with Gasteiger partial charge in [-0.05, 0) is 40.5 Å². The van der Waals surface area contributed by atoms with Gasteiger partial charge in [-0.3, -0.25) is 0 Å². The Kier molecular flexibility index (Phi) is 3.11. The van der Waals surface area contributed by atoms with Gasteiger partial charge in [0.2, 0.25) is 0 Å². The lowest BCUT2D eigenvalue weighted by Crippen LogP contribution is -2.34. The molecule has 0 radical (unpaired) electrons. The summed E-state index contributed by atoms with van der Waals surface area (Å²) in [6.45, 7) is 1.96. The van der Waals surface area contributed by atoms with Crippen molar-refractivity contribution in [3.05, 3.63) is 28.2 Å². The van der Waals surface area contributed by atoms with Crippen molar-refractivity contribution in [3.63, 3.8) is 0 Å². The monoisotopic (exact) mass is 303 g/mol. The number of fused-ring (bicyclic) bond motifs is 1. The van der Waals surface area contributed by atoms with E-state index in [1.165, 1.54) is 0 Å². The zero-order chi connectivity index (χ0) is 11.9. The highest BCUT2D eigenvalue weighted by Crippen LogP contribution is 2.39. The average molecular weight is 304 g/mol. The lowest BCUT2D eigenvalue weighted by molar-refractivity contribution is 0.421. The summed E-state index contributed by atoms with van der Waals surface area (Å²) in [4.78, 5) is 0.451. The largest absolute Gasteiger partial charge is 0.313 e. The van der Waals surface area contributed by atoms with Crippen LogP contribution in [-0.2, 0) is 9.84 Å². The molecule has 5 heteroatoms. The van der Waals surface area contributed by atoms with Gasteiger partial charge in [-0.1, -0.05) is 19.1 Å². The Balaban J connectivity index is 2.72. The van der Waals surface area contributed by atoms with Crippen LogP contribution in [0.25, 0.3) is 0 Å². The highest BCUT2D eigenvalue weighted by molar-refractivity contribution is 9.10. The molecule has 0 saturated heterocycles. The molecule has 0 aromatic heterocycles. The van der Waals surface area contributed by atoms with Crippen LogP contribution >= 0.6 is 15.9 Å². The summed E-state index contributed by atoms with van der Waals surface area (Å²) in [5, 5.41) is 3.19. The molecule has 0 fully saturated rings. The summed E-state index contributed by atoms with van der Waals surface area (Å²) in [7, 11) is -1.29. The molecule has 2 rings (SSSR count). The lowest BCUT2D eigenvalue weighted by Gasteiger charge is -2.31. The van der Waals surface area contributed by atoms with Crippen LogP contribution in [0.5, 0.6) is 0 Å². The van der Waals surface area contributed by atoms with E-state index >= 15 is 0 Å². The number of hydrogen-bond donors (Lipinski definition) is 1. The molecule has 0 bridgehead atoms. The second-order valence-corrected chi connectivity index (χ2v) is 7.01. The molecular weight excluding hydrogens is 290 g/mol. The zero-order valence-electron chi connectivity index (χ0n) is 9.20. The van der Waals surface area contributed by atoms with Crippen LogP contribution in [0.15, 0.2) is 27.6 Å². The van der Waals surface area contributed by atoms with Crippen molar-refractivity contribution >= 4 is 25.8 Å². The smallest absolute Gasteiger partial charge is 0.180 e. The van der Waals surface area contributed by atoms with E-state index in [4.69, 9.17) is 0 Å². The molecule has 3 nitrogen and oxygen atoms in total. The number of rotatable bonds is 1. The predicted molar refractivity (Wildman–Crippen MR) is 67.2 cm³/mol. The maximum absolute atomic E-state index is 12.1. The Bertz CT molecular complexity index is 513. The third-order valence-corrected chi connectivity index (χ3v) is 5.97. The van der Waals surface area contributed by atoms with Gasteiger partial charge in [-0.15, -0.1) is 0 Å². The fraction of sp³-hybridized carbons (Fsp3) is 0.455. The molecule has 0 aliphatic carbocycles. The Morgan fingerprint density at radius 1 is 1.44 bits per heavy atom. The van der Waals surface area contributed by atoms with E-state index in [-0.39, 0.29) is 17.7 Å². The van der Waals surface area contributed by atoms with Gasteiger partial charge in [0.25, 0.3) is 0 Å². The van der Waals surface area contributed by atoms with Crippen LogP contribution in [0.2, 0.25) is 0 Å². The second kappa shape index (κ2) is 4.13. The molecule has 1 heterocycles. The summed E-state index contributed by atoms with van der Waals surface area (Å²) in [5.74, 6) is 0.297. The summed E-state index contributed by atoms with van der Waals surface area (Å²) < 4.78 is 24.9. The average Bonchev–Trinajstić information content (AvgIpc) is 2.16. The van der Waals surface area contributed by atoms with E-state index in [0.717, 1.165) is 5.56 Å². The molecule has 88 valence electrons. The van der Waals surface area contributed by atoms with Gasteiger partial charge in [-0.25, -0.2) is 8.42 Å². The van der Waals surface area contributed by atoms with Gasteiger partial charge in [-0.2, -0.15) is 0 Å². The molecule has 1 aliphatic rings. The van der Waals surface area contributed by atoms with E-state index < -0.39 is 9.84 Å². The molecule has 1 aromatic carbocycles. The molecule has 0 amide bonds. The number of hydrogen-bond acceptors (Lipinski definition) is 3. The van der Waals surface area contributed by atoms with Crippen molar-refractivity contribution in [2.24, 2.45) is 5.92 Å². The van der Waals surface area contributed by atoms with Crippen LogP contribution in [0.4, 0.5) is 0 Å². The van der Waals surface area contributed by atoms with Crippen molar-refractivity contribution in [1.82, 2.24) is 5.32 Å². The van der Waals surface area contributed by atoms with Crippen molar-refractivity contribution < 1.29 is 8.42 Å². The molecular formula is C11H14BrNO2S. The minimum Gasteiger partial charge on any atom is -0.313 e. The Labute approximate surface area is 104 Å². The van der Waals surface area contributed by atoms with Crippen molar-refractivity contribution in [2.75, 3.05) is 12.8 Å². The van der Waals surface area contributed by atoms with E-state index in [0.29, 0.717) is 9.37 Å². The van der Waals surface area contributed by atoms with Gasteiger partial charge in [0.15, 0.2) is 9.84 Å². The molecule has 1 aromatic rings. The minimum absolute atomic E-state index is 0.0943. The first-order chi connectivity index (χ1) is 7.47. The molecule has 2 atom stereocenters. The van der Waals surface area contributed by atoms with Crippen molar-refractivity contribution in [2.45, 2.75) is 17.9 Å². The number of sulfone groups is 1. The molecule has 0 saturated carbocycles. The van der Waals surface area contributed by atoms with Crippen LogP contribution in [0.1, 0.15) is 18.5 Å². The van der Waals surface area contributed by atoms with Gasteiger partial charge in [0, 0.05) is 10.5 Å². The number of nitrogens with one attached hydrogen (secondary N) is 1. The lowest BCUT2D eigenvalue weighted by atomic mass is 9.95. The second-order valence-electron chi connectivity index (χ2n) is 4.18. The van der Waals surface area contributed by atoms with Crippen LogP contribution in [-0.4, -0.2) is 21.2 Å². The highest BCUT2D eigenvalue weighted by atomic mass is 79.9. The normalized spacial score (nSPS) is 27.4. The third kappa shape index (κ3) is 1.81. The molecule has 16 heavy (non-hydrogen) atoms. The molecule has 1 N–H and O–H groups in total. The zero-order valence-corrected chi connectivity index (χ0v) is 11.6. The van der Waals surface area contributed by atoms with E-state index in [9.17, 15) is 8.42 Å². The van der Waals surface area contributed by atoms with E-state index in [2.05, 4.69) is 21.2 Å². The van der Waals surface area contributed by atoms with Crippen LogP contribution < -0.4 is 5.32 Å². The minimum atomic E-state index is -3.15. The Morgan fingerprint density at radius 2 is 2.12 bits per heavy atom. The quantitative estimate of drug-likeness (QED) is 0.864. The van der Waals surface area contributed by atoms with Gasteiger partial charge in [0.1, 0.15) is 0 Å². The van der Waals surface area contributed by atoms with Gasteiger partial charge >= 0.3 is 0 Å². The molecule has 0 spiro atoms. The molecule has 2 unspecified atom stereocenters.